The third-order valence-corrected chi connectivity index (χ3v) is 5.38. The molecule has 1 aliphatic rings. The molecule has 0 bridgehead atoms. The Kier molecular flexibility index (Phi) is 7.36. The van der Waals surface area contributed by atoms with Crippen LogP contribution in [-0.4, -0.2) is 35.0 Å². The Morgan fingerprint density at radius 3 is 2.52 bits per heavy atom. The van der Waals surface area contributed by atoms with Gasteiger partial charge in [-0.2, -0.15) is 0 Å². The van der Waals surface area contributed by atoms with Crippen LogP contribution in [0, 0.1) is 0 Å². The zero-order chi connectivity index (χ0) is 18.7. The average Bonchev–Trinajstić information content (AvgIpc) is 2.65. The zero-order valence-corrected chi connectivity index (χ0v) is 16.8. The number of rotatable bonds is 4. The normalized spacial score (nSPS) is 16.4. The first-order valence-electron chi connectivity index (χ1n) is 8.83. The van der Waals surface area contributed by atoms with E-state index in [0.717, 1.165) is 25.9 Å². The van der Waals surface area contributed by atoms with Crippen molar-refractivity contribution in [1.82, 2.24) is 10.2 Å². The van der Waals surface area contributed by atoms with Crippen LogP contribution in [0.4, 0.5) is 5.69 Å². The Morgan fingerprint density at radius 1 is 1.26 bits per heavy atom. The summed E-state index contributed by atoms with van der Waals surface area (Å²) in [5.74, 6) is -0.474. The summed E-state index contributed by atoms with van der Waals surface area (Å²) in [4.78, 5) is 14.9. The van der Waals surface area contributed by atoms with Gasteiger partial charge in [0.05, 0.1) is 16.3 Å². The van der Waals surface area contributed by atoms with Gasteiger partial charge in [-0.1, -0.05) is 41.9 Å². The minimum absolute atomic E-state index is 0. The van der Waals surface area contributed by atoms with Gasteiger partial charge in [0.2, 0.25) is 0 Å². The van der Waals surface area contributed by atoms with Gasteiger partial charge in [0.25, 0.3) is 5.91 Å². The molecule has 1 aliphatic heterocycles. The summed E-state index contributed by atoms with van der Waals surface area (Å²) in [5.41, 5.74) is 7.35. The summed E-state index contributed by atoms with van der Waals surface area (Å²) in [6, 6.07) is 13.6. The highest BCUT2D eigenvalue weighted by Crippen LogP contribution is 2.28. The maximum absolute atomic E-state index is 12.4. The number of hydrogen-bond donors (Lipinski definition) is 3. The summed E-state index contributed by atoms with van der Waals surface area (Å²) in [7, 11) is 0. The van der Waals surface area contributed by atoms with E-state index in [1.54, 1.807) is 0 Å². The van der Waals surface area contributed by atoms with Crippen molar-refractivity contribution in [1.29, 1.82) is 0 Å². The van der Waals surface area contributed by atoms with E-state index in [2.05, 4.69) is 41.4 Å². The Bertz CT molecular complexity index is 778. The number of nitrogens with one attached hydrogen (secondary N) is 1. The molecule has 3 rings (SSSR count). The number of halogens is 2. The van der Waals surface area contributed by atoms with Crippen LogP contribution < -0.4 is 11.1 Å². The number of carbonyl (C=O) groups excluding carboxylic acids is 1. The molecule has 1 atom stereocenters. The molecule has 0 radical (unpaired) electrons. The van der Waals surface area contributed by atoms with E-state index in [-0.39, 0.29) is 46.4 Å². The van der Waals surface area contributed by atoms with Crippen molar-refractivity contribution in [3.8, 4) is 5.75 Å². The highest BCUT2D eigenvalue weighted by molar-refractivity contribution is 6.33. The Hall–Kier alpha value is -1.95. The molecule has 1 saturated heterocycles. The molecule has 146 valence electrons. The van der Waals surface area contributed by atoms with Crippen molar-refractivity contribution in [3.63, 3.8) is 0 Å². The second-order valence-electron chi connectivity index (χ2n) is 6.76. The number of aromatic hydroxyl groups is 1. The smallest absolute Gasteiger partial charge is 0.255 e. The van der Waals surface area contributed by atoms with Gasteiger partial charge in [0, 0.05) is 31.2 Å². The van der Waals surface area contributed by atoms with Gasteiger partial charge in [0.15, 0.2) is 0 Å². The topological polar surface area (TPSA) is 78.6 Å². The zero-order valence-electron chi connectivity index (χ0n) is 15.2. The Labute approximate surface area is 170 Å². The van der Waals surface area contributed by atoms with Gasteiger partial charge in [-0.25, -0.2) is 0 Å². The molecule has 1 unspecified atom stereocenters. The first kappa shape index (κ1) is 21.4. The van der Waals surface area contributed by atoms with Crippen molar-refractivity contribution in [2.24, 2.45) is 0 Å². The van der Waals surface area contributed by atoms with Gasteiger partial charge >= 0.3 is 0 Å². The number of nitrogens with two attached hydrogens (primary N) is 1. The SMILES string of the molecule is CC(c1ccccc1)N1CCC(NC(=O)c2cc(Cl)c(N)cc2O)CC1.Cl. The first-order chi connectivity index (χ1) is 12.5. The van der Waals surface area contributed by atoms with Crippen molar-refractivity contribution < 1.29 is 9.90 Å². The van der Waals surface area contributed by atoms with Crippen LogP contribution in [-0.2, 0) is 0 Å². The highest BCUT2D eigenvalue weighted by Gasteiger charge is 2.25. The molecule has 1 fully saturated rings. The fourth-order valence-corrected chi connectivity index (χ4v) is 3.56. The van der Waals surface area contributed by atoms with E-state index in [9.17, 15) is 9.90 Å². The van der Waals surface area contributed by atoms with Crippen LogP contribution in [0.15, 0.2) is 42.5 Å². The van der Waals surface area contributed by atoms with E-state index < -0.39 is 0 Å². The molecule has 2 aromatic carbocycles. The van der Waals surface area contributed by atoms with Gasteiger partial charge in [0.1, 0.15) is 5.75 Å². The second kappa shape index (κ2) is 9.31. The van der Waals surface area contributed by atoms with Crippen LogP contribution >= 0.6 is 24.0 Å². The molecule has 0 spiro atoms. The molecular formula is C20H25Cl2N3O2. The fourth-order valence-electron chi connectivity index (χ4n) is 3.40. The predicted octanol–water partition coefficient (Wildman–Crippen LogP) is 4.01. The van der Waals surface area contributed by atoms with Crippen molar-refractivity contribution in [2.75, 3.05) is 18.8 Å². The second-order valence-corrected chi connectivity index (χ2v) is 7.17. The Morgan fingerprint density at radius 2 is 1.89 bits per heavy atom. The summed E-state index contributed by atoms with van der Waals surface area (Å²) < 4.78 is 0. The van der Waals surface area contributed by atoms with Gasteiger partial charge < -0.3 is 16.2 Å². The molecule has 1 amide bonds. The third-order valence-electron chi connectivity index (χ3n) is 5.05. The summed E-state index contributed by atoms with van der Waals surface area (Å²) in [6.07, 6.45) is 1.73. The van der Waals surface area contributed by atoms with Gasteiger partial charge in [-0.05, 0) is 31.4 Å². The number of piperidine rings is 1. The molecular weight excluding hydrogens is 385 g/mol. The van der Waals surface area contributed by atoms with Crippen LogP contribution in [0.2, 0.25) is 5.02 Å². The van der Waals surface area contributed by atoms with Crippen LogP contribution in [0.25, 0.3) is 0 Å². The number of benzene rings is 2. The lowest BCUT2D eigenvalue weighted by atomic mass is 10.00. The molecule has 7 heteroatoms. The number of amides is 1. The molecule has 5 nitrogen and oxygen atoms in total. The maximum Gasteiger partial charge on any atom is 0.255 e. The van der Waals surface area contributed by atoms with Gasteiger partial charge in [-0.3, -0.25) is 9.69 Å². The van der Waals surface area contributed by atoms with Crippen molar-refractivity contribution >= 4 is 35.6 Å². The third kappa shape index (κ3) is 5.06. The van der Waals surface area contributed by atoms with Crippen LogP contribution in [0.3, 0.4) is 0 Å². The van der Waals surface area contributed by atoms with E-state index in [1.807, 2.05) is 6.07 Å². The summed E-state index contributed by atoms with van der Waals surface area (Å²) in [6.45, 7) is 4.04. The predicted molar refractivity (Wildman–Crippen MR) is 112 cm³/mol. The number of carbonyl (C=O) groups is 1. The number of nitrogen functional groups attached to an aromatic ring is 1. The fraction of sp³-hybridized carbons (Fsp3) is 0.350. The number of hydrogen-bond acceptors (Lipinski definition) is 4. The van der Waals surface area contributed by atoms with Crippen LogP contribution in [0.1, 0.15) is 41.7 Å². The first-order valence-corrected chi connectivity index (χ1v) is 9.21. The molecule has 0 aliphatic carbocycles. The molecule has 4 N–H and O–H groups in total. The van der Waals surface area contributed by atoms with E-state index >= 15 is 0 Å². The van der Waals surface area contributed by atoms with E-state index in [0.29, 0.717) is 6.04 Å². The summed E-state index contributed by atoms with van der Waals surface area (Å²) in [5, 5.41) is 13.2. The highest BCUT2D eigenvalue weighted by atomic mass is 35.5. The van der Waals surface area contributed by atoms with E-state index in [4.69, 9.17) is 17.3 Å². The van der Waals surface area contributed by atoms with Gasteiger partial charge in [-0.15, -0.1) is 12.4 Å². The average molecular weight is 410 g/mol. The van der Waals surface area contributed by atoms with Crippen molar-refractivity contribution in [3.05, 3.63) is 58.6 Å². The summed E-state index contributed by atoms with van der Waals surface area (Å²) >= 11 is 5.96. The van der Waals surface area contributed by atoms with Crippen LogP contribution in [0.5, 0.6) is 5.75 Å². The molecule has 0 aromatic heterocycles. The minimum Gasteiger partial charge on any atom is -0.507 e. The number of likely N-dealkylation sites (tertiary alicyclic amines) is 1. The molecule has 2 aromatic rings. The monoisotopic (exact) mass is 409 g/mol. The lowest BCUT2D eigenvalue weighted by Crippen LogP contribution is -2.45. The molecule has 1 heterocycles. The lowest BCUT2D eigenvalue weighted by Gasteiger charge is -2.36. The largest absolute Gasteiger partial charge is 0.507 e. The standard InChI is InChI=1S/C20H24ClN3O2.ClH/c1-13(14-5-3-2-4-6-14)24-9-7-15(8-10-24)23-20(26)16-11-17(21)18(22)12-19(16)25;/h2-6,11-13,15,25H,7-10,22H2,1H3,(H,23,26);1H. The number of nitrogens with zero attached hydrogens (tertiary/aromatic N) is 1. The van der Waals surface area contributed by atoms with Crippen molar-refractivity contribution in [2.45, 2.75) is 31.8 Å². The minimum atomic E-state index is -0.320. The maximum atomic E-state index is 12.4. The number of anilines is 1. The molecule has 27 heavy (non-hydrogen) atoms. The number of phenols is 1. The lowest BCUT2D eigenvalue weighted by molar-refractivity contribution is 0.0893. The molecule has 0 saturated carbocycles. The van der Waals surface area contributed by atoms with E-state index in [1.165, 1.54) is 17.7 Å². The number of phenolic OH excluding ortho intramolecular Hbond substituents is 1. The Balaban J connectivity index is 0.00000261. The quantitative estimate of drug-likeness (QED) is 0.666.